The van der Waals surface area contributed by atoms with Crippen molar-refractivity contribution in [2.75, 3.05) is 0 Å². The summed E-state index contributed by atoms with van der Waals surface area (Å²) in [6, 6.07) is 3.05. The first-order chi connectivity index (χ1) is 6.02. The molecule has 0 unspecified atom stereocenters. The van der Waals surface area contributed by atoms with E-state index in [0.717, 1.165) is 0 Å². The molecule has 0 bridgehead atoms. The molecule has 0 spiro atoms. The highest BCUT2D eigenvalue weighted by Gasteiger charge is 2.10. The van der Waals surface area contributed by atoms with Crippen molar-refractivity contribution in [3.8, 4) is 0 Å². The minimum atomic E-state index is -0.147. The molecule has 0 aromatic carbocycles. The van der Waals surface area contributed by atoms with Gasteiger partial charge in [-0.25, -0.2) is 0 Å². The van der Waals surface area contributed by atoms with Crippen molar-refractivity contribution < 1.29 is 4.79 Å². The molecule has 1 aromatic heterocycles. The minimum Gasteiger partial charge on any atom is -0.319 e. The average molecular weight is 179 g/mol. The predicted octanol–water partition coefficient (Wildman–Crippen LogP) is 1.22. The maximum Gasteiger partial charge on any atom is 0.250 e. The fourth-order valence-corrected chi connectivity index (χ4v) is 1.04. The van der Waals surface area contributed by atoms with Crippen LogP contribution >= 0.6 is 0 Å². The van der Waals surface area contributed by atoms with Crippen molar-refractivity contribution in [3.63, 3.8) is 0 Å². The monoisotopic (exact) mass is 179 g/mol. The highest BCUT2D eigenvalue weighted by atomic mass is 16.1. The molecule has 1 rings (SSSR count). The molecule has 3 nitrogen and oxygen atoms in total. The van der Waals surface area contributed by atoms with Gasteiger partial charge in [0.15, 0.2) is 5.78 Å². The highest BCUT2D eigenvalue weighted by molar-refractivity contribution is 5.97. The van der Waals surface area contributed by atoms with Gasteiger partial charge in [0.2, 0.25) is 0 Å². The van der Waals surface area contributed by atoms with E-state index >= 15 is 0 Å². The third kappa shape index (κ3) is 2.05. The number of hydrogen-bond acceptors (Lipinski definition) is 2. The third-order valence-electron chi connectivity index (χ3n) is 1.91. The lowest BCUT2D eigenvalue weighted by Crippen LogP contribution is -2.18. The van der Waals surface area contributed by atoms with Gasteiger partial charge in [-0.1, -0.05) is 13.8 Å². The summed E-state index contributed by atoms with van der Waals surface area (Å²) in [5.41, 5.74) is 0.351. The Morgan fingerprint density at radius 3 is 2.54 bits per heavy atom. The first-order valence-electron chi connectivity index (χ1n) is 4.23. The van der Waals surface area contributed by atoms with E-state index in [4.69, 9.17) is 0 Å². The van der Waals surface area contributed by atoms with Crippen molar-refractivity contribution >= 4 is 5.78 Å². The van der Waals surface area contributed by atoms with Crippen LogP contribution in [0.15, 0.2) is 23.1 Å². The van der Waals surface area contributed by atoms with Gasteiger partial charge >= 0.3 is 0 Å². The Kier molecular flexibility index (Phi) is 2.66. The molecule has 0 aliphatic heterocycles. The fraction of sp³-hybridized carbons (Fsp3) is 0.400. The molecular weight excluding hydrogens is 166 g/mol. The van der Waals surface area contributed by atoms with Gasteiger partial charge in [0.25, 0.3) is 5.56 Å². The van der Waals surface area contributed by atoms with Crippen molar-refractivity contribution in [2.24, 2.45) is 13.0 Å². The minimum absolute atomic E-state index is 0.0118. The normalized spacial score (nSPS) is 10.5. The van der Waals surface area contributed by atoms with Crippen molar-refractivity contribution in [3.05, 3.63) is 34.2 Å². The van der Waals surface area contributed by atoms with E-state index in [1.165, 1.54) is 10.6 Å². The molecule has 0 fully saturated rings. The number of aryl methyl sites for hydroxylation is 1. The van der Waals surface area contributed by atoms with E-state index in [1.54, 1.807) is 19.3 Å². The van der Waals surface area contributed by atoms with Crippen LogP contribution in [-0.4, -0.2) is 10.4 Å². The van der Waals surface area contributed by atoms with Gasteiger partial charge in [-0.15, -0.1) is 0 Å². The molecule has 0 aliphatic rings. The predicted molar refractivity (Wildman–Crippen MR) is 50.9 cm³/mol. The van der Waals surface area contributed by atoms with Crippen LogP contribution in [-0.2, 0) is 7.05 Å². The molecule has 1 heterocycles. The Balaban J connectivity index is 3.12. The van der Waals surface area contributed by atoms with Crippen LogP contribution in [0.25, 0.3) is 0 Å². The molecular formula is C10H13NO2. The van der Waals surface area contributed by atoms with E-state index in [0.29, 0.717) is 5.56 Å². The van der Waals surface area contributed by atoms with E-state index in [2.05, 4.69) is 0 Å². The number of nitrogens with zero attached hydrogens (tertiary/aromatic N) is 1. The summed E-state index contributed by atoms with van der Waals surface area (Å²) in [7, 11) is 1.66. The highest BCUT2D eigenvalue weighted by Crippen LogP contribution is 2.04. The van der Waals surface area contributed by atoms with Crippen LogP contribution in [0.4, 0.5) is 0 Å². The molecule has 0 aliphatic carbocycles. The summed E-state index contributed by atoms with van der Waals surface area (Å²) in [4.78, 5) is 22.6. The summed E-state index contributed by atoms with van der Waals surface area (Å²) in [5, 5.41) is 0. The van der Waals surface area contributed by atoms with E-state index < -0.39 is 0 Å². The third-order valence-corrected chi connectivity index (χ3v) is 1.91. The second-order valence-corrected chi connectivity index (χ2v) is 3.38. The van der Waals surface area contributed by atoms with Crippen LogP contribution in [0.3, 0.4) is 0 Å². The van der Waals surface area contributed by atoms with Crippen LogP contribution in [0.1, 0.15) is 24.2 Å². The second kappa shape index (κ2) is 3.56. The molecule has 0 amide bonds. The van der Waals surface area contributed by atoms with Crippen LogP contribution in [0.5, 0.6) is 0 Å². The van der Waals surface area contributed by atoms with Gasteiger partial charge < -0.3 is 4.57 Å². The lowest BCUT2D eigenvalue weighted by Gasteiger charge is -2.03. The van der Waals surface area contributed by atoms with Crippen molar-refractivity contribution in [2.45, 2.75) is 13.8 Å². The zero-order valence-corrected chi connectivity index (χ0v) is 8.07. The Labute approximate surface area is 77.0 Å². The molecule has 70 valence electrons. The Hall–Kier alpha value is -1.38. The number of carbonyl (C=O) groups is 1. The Morgan fingerprint density at radius 2 is 2.08 bits per heavy atom. The number of rotatable bonds is 2. The summed E-state index contributed by atoms with van der Waals surface area (Å²) in [6.07, 6.45) is 1.61. The number of Topliss-reactive ketones (excluding diaryl/α,β-unsaturated/α-hetero) is 1. The Bertz CT molecular complexity index is 377. The van der Waals surface area contributed by atoms with E-state index in [-0.39, 0.29) is 17.3 Å². The van der Waals surface area contributed by atoms with Gasteiger partial charge in [-0.2, -0.15) is 0 Å². The summed E-state index contributed by atoms with van der Waals surface area (Å²) in [5.74, 6) is -0.0511. The molecule has 0 saturated carbocycles. The van der Waals surface area contributed by atoms with Crippen LogP contribution < -0.4 is 5.56 Å². The molecule has 1 aromatic rings. The molecule has 0 N–H and O–H groups in total. The molecule has 0 radical (unpaired) electrons. The van der Waals surface area contributed by atoms with Crippen molar-refractivity contribution in [1.82, 2.24) is 4.57 Å². The van der Waals surface area contributed by atoms with Crippen molar-refractivity contribution in [1.29, 1.82) is 0 Å². The van der Waals surface area contributed by atoms with Gasteiger partial charge in [0.05, 0.1) is 0 Å². The van der Waals surface area contributed by atoms with Crippen LogP contribution in [0, 0.1) is 5.92 Å². The van der Waals surface area contributed by atoms with Gasteiger partial charge in [-0.3, -0.25) is 9.59 Å². The first-order valence-corrected chi connectivity index (χ1v) is 4.23. The first kappa shape index (κ1) is 9.71. The zero-order chi connectivity index (χ0) is 10.0. The standard InChI is InChI=1S/C10H13NO2/c1-7(2)10(13)8-4-5-11(3)9(12)6-8/h4-7H,1-3H3. The number of pyridine rings is 1. The fourth-order valence-electron chi connectivity index (χ4n) is 1.04. The van der Waals surface area contributed by atoms with Gasteiger partial charge in [0, 0.05) is 30.8 Å². The smallest absolute Gasteiger partial charge is 0.250 e. The topological polar surface area (TPSA) is 39.1 Å². The van der Waals surface area contributed by atoms with Gasteiger partial charge in [-0.05, 0) is 6.07 Å². The zero-order valence-electron chi connectivity index (χ0n) is 8.07. The number of carbonyl (C=O) groups excluding carboxylic acids is 1. The second-order valence-electron chi connectivity index (χ2n) is 3.38. The maximum atomic E-state index is 11.5. The van der Waals surface area contributed by atoms with Crippen LogP contribution in [0.2, 0.25) is 0 Å². The molecule has 3 heteroatoms. The molecule has 13 heavy (non-hydrogen) atoms. The maximum absolute atomic E-state index is 11.5. The largest absolute Gasteiger partial charge is 0.319 e. The van der Waals surface area contributed by atoms with E-state index in [1.807, 2.05) is 13.8 Å². The lowest BCUT2D eigenvalue weighted by molar-refractivity contribution is 0.0939. The Morgan fingerprint density at radius 1 is 1.46 bits per heavy atom. The van der Waals surface area contributed by atoms with E-state index in [9.17, 15) is 9.59 Å². The average Bonchev–Trinajstić information content (AvgIpc) is 2.08. The number of ketones is 1. The molecule has 0 saturated heterocycles. The van der Waals surface area contributed by atoms with Gasteiger partial charge in [0.1, 0.15) is 0 Å². The SMILES string of the molecule is CC(C)C(=O)c1ccn(C)c(=O)c1. The summed E-state index contributed by atoms with van der Waals surface area (Å²) >= 11 is 0. The lowest BCUT2D eigenvalue weighted by atomic mass is 10.0. The summed E-state index contributed by atoms with van der Waals surface area (Å²) < 4.78 is 1.44. The quantitative estimate of drug-likeness (QED) is 0.640. The number of hydrogen-bond donors (Lipinski definition) is 0. The number of aromatic nitrogens is 1. The summed E-state index contributed by atoms with van der Waals surface area (Å²) in [6.45, 7) is 3.64. The molecule has 0 atom stereocenters.